The van der Waals surface area contributed by atoms with Crippen LogP contribution in [-0.4, -0.2) is 47.1 Å². The number of likely N-dealkylation sites (tertiary alicyclic amines) is 1. The van der Waals surface area contributed by atoms with Crippen molar-refractivity contribution in [3.63, 3.8) is 0 Å². The van der Waals surface area contributed by atoms with Gasteiger partial charge in [0.25, 0.3) is 11.6 Å². The standard InChI is InChI=1S/C20H24N4O2S/c1-11-8-15(13(3)27-11)17-9-16(18-12(2)23-26-19(18)22-17)20(25)24-7-5-6-14(24)10-21-4/h8-9,14,21H,5-7,10H2,1-4H3. The van der Waals surface area contributed by atoms with E-state index in [9.17, 15) is 4.79 Å². The maximum absolute atomic E-state index is 13.5. The van der Waals surface area contributed by atoms with Gasteiger partial charge < -0.3 is 14.7 Å². The Labute approximate surface area is 162 Å². The van der Waals surface area contributed by atoms with Crippen LogP contribution >= 0.6 is 11.3 Å². The molecule has 3 aromatic rings. The summed E-state index contributed by atoms with van der Waals surface area (Å²) < 4.78 is 5.44. The van der Waals surface area contributed by atoms with Crippen molar-refractivity contribution in [1.82, 2.24) is 20.4 Å². The summed E-state index contributed by atoms with van der Waals surface area (Å²) in [4.78, 5) is 22.5. The van der Waals surface area contributed by atoms with Gasteiger partial charge in [0.2, 0.25) is 0 Å². The minimum atomic E-state index is 0.0392. The van der Waals surface area contributed by atoms with Crippen LogP contribution in [0, 0.1) is 20.8 Å². The van der Waals surface area contributed by atoms with Gasteiger partial charge in [-0.3, -0.25) is 4.79 Å². The predicted molar refractivity (Wildman–Crippen MR) is 107 cm³/mol. The molecule has 7 heteroatoms. The quantitative estimate of drug-likeness (QED) is 0.743. The molecule has 1 N–H and O–H groups in total. The number of fused-ring (bicyclic) bond motifs is 1. The first kappa shape index (κ1) is 18.1. The van der Waals surface area contributed by atoms with Crippen LogP contribution in [0.1, 0.15) is 38.6 Å². The Morgan fingerprint density at radius 1 is 1.37 bits per heavy atom. The van der Waals surface area contributed by atoms with E-state index in [4.69, 9.17) is 4.52 Å². The summed E-state index contributed by atoms with van der Waals surface area (Å²) in [7, 11) is 1.93. The lowest BCUT2D eigenvalue weighted by Crippen LogP contribution is -2.41. The molecule has 0 aliphatic carbocycles. The zero-order chi connectivity index (χ0) is 19.1. The second-order valence-corrected chi connectivity index (χ2v) is 8.64. The van der Waals surface area contributed by atoms with E-state index < -0.39 is 0 Å². The van der Waals surface area contributed by atoms with Gasteiger partial charge in [-0.1, -0.05) is 5.16 Å². The van der Waals surface area contributed by atoms with E-state index in [1.165, 1.54) is 9.75 Å². The van der Waals surface area contributed by atoms with Gasteiger partial charge in [0.15, 0.2) is 0 Å². The van der Waals surface area contributed by atoms with Gasteiger partial charge in [-0.05, 0) is 52.8 Å². The van der Waals surface area contributed by atoms with Gasteiger partial charge in [-0.15, -0.1) is 11.3 Å². The Morgan fingerprint density at radius 3 is 2.89 bits per heavy atom. The molecule has 1 unspecified atom stereocenters. The molecule has 142 valence electrons. The summed E-state index contributed by atoms with van der Waals surface area (Å²) in [6.45, 7) is 7.61. The third kappa shape index (κ3) is 3.15. The molecule has 1 fully saturated rings. The first-order valence-electron chi connectivity index (χ1n) is 9.29. The smallest absolute Gasteiger partial charge is 0.259 e. The minimum absolute atomic E-state index is 0.0392. The van der Waals surface area contributed by atoms with Crippen molar-refractivity contribution in [2.24, 2.45) is 0 Å². The molecule has 0 radical (unpaired) electrons. The summed E-state index contributed by atoms with van der Waals surface area (Å²) in [5.41, 5.74) is 3.60. The molecule has 0 spiro atoms. The van der Waals surface area contributed by atoms with Gasteiger partial charge in [-0.25, -0.2) is 4.98 Å². The lowest BCUT2D eigenvalue weighted by atomic mass is 10.0. The first-order chi connectivity index (χ1) is 13.0. The number of hydrogen-bond acceptors (Lipinski definition) is 6. The highest BCUT2D eigenvalue weighted by Crippen LogP contribution is 2.34. The second kappa shape index (κ2) is 7.05. The summed E-state index contributed by atoms with van der Waals surface area (Å²) in [5.74, 6) is 0.0392. The topological polar surface area (TPSA) is 71.3 Å². The van der Waals surface area contributed by atoms with E-state index in [1.54, 1.807) is 11.3 Å². The van der Waals surface area contributed by atoms with Crippen LogP contribution in [-0.2, 0) is 0 Å². The van der Waals surface area contributed by atoms with Crippen LogP contribution in [0.4, 0.5) is 0 Å². The van der Waals surface area contributed by atoms with Crippen LogP contribution in [0.2, 0.25) is 0 Å². The molecule has 1 amide bonds. The fourth-order valence-corrected chi connectivity index (χ4v) is 4.93. The van der Waals surface area contributed by atoms with Gasteiger partial charge in [0, 0.05) is 34.4 Å². The van der Waals surface area contributed by atoms with Crippen LogP contribution in [0.5, 0.6) is 0 Å². The minimum Gasteiger partial charge on any atom is -0.335 e. The molecular weight excluding hydrogens is 360 g/mol. The third-order valence-electron chi connectivity index (χ3n) is 5.24. The highest BCUT2D eigenvalue weighted by Gasteiger charge is 2.31. The van der Waals surface area contributed by atoms with E-state index >= 15 is 0 Å². The van der Waals surface area contributed by atoms with E-state index in [0.717, 1.165) is 42.6 Å². The highest BCUT2D eigenvalue weighted by molar-refractivity contribution is 7.12. The number of thiophene rings is 1. The number of aryl methyl sites for hydroxylation is 3. The lowest BCUT2D eigenvalue weighted by molar-refractivity contribution is 0.0739. The zero-order valence-electron chi connectivity index (χ0n) is 16.1. The number of rotatable bonds is 4. The monoisotopic (exact) mass is 384 g/mol. The van der Waals surface area contributed by atoms with E-state index in [0.29, 0.717) is 17.0 Å². The fraction of sp³-hybridized carbons (Fsp3) is 0.450. The number of pyridine rings is 1. The average molecular weight is 385 g/mol. The molecule has 4 heterocycles. The van der Waals surface area contributed by atoms with Crippen LogP contribution in [0.15, 0.2) is 16.7 Å². The number of aromatic nitrogens is 2. The number of likely N-dealkylation sites (N-methyl/N-ethyl adjacent to an activating group) is 1. The summed E-state index contributed by atoms with van der Waals surface area (Å²) in [5, 5.41) is 7.99. The number of nitrogens with one attached hydrogen (secondary N) is 1. The maximum Gasteiger partial charge on any atom is 0.259 e. The van der Waals surface area contributed by atoms with Crippen molar-refractivity contribution < 1.29 is 9.32 Å². The average Bonchev–Trinajstić information content (AvgIpc) is 3.33. The van der Waals surface area contributed by atoms with Crippen molar-refractivity contribution in [2.75, 3.05) is 20.1 Å². The van der Waals surface area contributed by atoms with E-state index in [1.807, 2.05) is 24.9 Å². The SMILES string of the molecule is CNCC1CCCN1C(=O)c1cc(-c2cc(C)sc2C)nc2onc(C)c12. The molecular formula is C20H24N4O2S. The molecule has 6 nitrogen and oxygen atoms in total. The molecule has 0 saturated carbocycles. The number of carbonyl (C=O) groups excluding carboxylic acids is 1. The van der Waals surface area contributed by atoms with Crippen molar-refractivity contribution in [1.29, 1.82) is 0 Å². The Bertz CT molecular complexity index is 1010. The molecule has 1 aliphatic rings. The zero-order valence-corrected chi connectivity index (χ0v) is 16.9. The van der Waals surface area contributed by atoms with Crippen LogP contribution in [0.3, 0.4) is 0 Å². The third-order valence-corrected chi connectivity index (χ3v) is 6.21. The molecule has 1 atom stereocenters. The Hall–Kier alpha value is -2.25. The highest BCUT2D eigenvalue weighted by atomic mass is 32.1. The van der Waals surface area contributed by atoms with Gasteiger partial charge in [0.1, 0.15) is 0 Å². The van der Waals surface area contributed by atoms with E-state index in [-0.39, 0.29) is 11.9 Å². The van der Waals surface area contributed by atoms with Crippen LogP contribution in [0.25, 0.3) is 22.4 Å². The molecule has 0 bridgehead atoms. The van der Waals surface area contributed by atoms with Crippen molar-refractivity contribution in [2.45, 2.75) is 39.7 Å². The molecule has 1 saturated heterocycles. The van der Waals surface area contributed by atoms with Crippen molar-refractivity contribution >= 4 is 28.3 Å². The molecule has 27 heavy (non-hydrogen) atoms. The molecule has 0 aromatic carbocycles. The molecule has 1 aliphatic heterocycles. The van der Waals surface area contributed by atoms with Crippen molar-refractivity contribution in [3.8, 4) is 11.3 Å². The number of hydrogen-bond donors (Lipinski definition) is 1. The van der Waals surface area contributed by atoms with Gasteiger partial charge >= 0.3 is 0 Å². The normalized spacial score (nSPS) is 17.2. The molecule has 4 rings (SSSR count). The number of amides is 1. The summed E-state index contributed by atoms with van der Waals surface area (Å²) in [6, 6.07) is 4.25. The second-order valence-electron chi connectivity index (χ2n) is 7.18. The van der Waals surface area contributed by atoms with Crippen molar-refractivity contribution in [3.05, 3.63) is 33.1 Å². The Balaban J connectivity index is 1.84. The summed E-state index contributed by atoms with van der Waals surface area (Å²) >= 11 is 1.73. The van der Waals surface area contributed by atoms with Gasteiger partial charge in [-0.2, -0.15) is 0 Å². The first-order valence-corrected chi connectivity index (χ1v) is 10.1. The van der Waals surface area contributed by atoms with E-state index in [2.05, 4.69) is 35.4 Å². The summed E-state index contributed by atoms with van der Waals surface area (Å²) in [6.07, 6.45) is 2.06. The predicted octanol–water partition coefficient (Wildman–Crippen LogP) is 3.70. The Morgan fingerprint density at radius 2 is 2.19 bits per heavy atom. The van der Waals surface area contributed by atoms with Gasteiger partial charge in [0.05, 0.1) is 22.3 Å². The Kier molecular flexibility index (Phi) is 4.74. The number of carbonyl (C=O) groups is 1. The number of nitrogens with zero attached hydrogens (tertiary/aromatic N) is 3. The van der Waals surface area contributed by atoms with Crippen LogP contribution < -0.4 is 5.32 Å². The lowest BCUT2D eigenvalue weighted by Gasteiger charge is -2.25. The largest absolute Gasteiger partial charge is 0.335 e. The maximum atomic E-state index is 13.5. The molecule has 3 aromatic heterocycles. The fourth-order valence-electron chi connectivity index (χ4n) is 3.99.